The van der Waals surface area contributed by atoms with Crippen LogP contribution < -0.4 is 20.9 Å². The molecule has 0 spiro atoms. The maximum Gasteiger partial charge on any atom is 0.412 e. The molecule has 0 aliphatic carbocycles. The van der Waals surface area contributed by atoms with E-state index in [0.717, 1.165) is 11.1 Å². The van der Waals surface area contributed by atoms with Crippen molar-refractivity contribution in [3.05, 3.63) is 114 Å². The molecule has 3 aromatic carbocycles. The zero-order chi connectivity index (χ0) is 28.0. The third kappa shape index (κ3) is 7.11. The molecule has 0 atom stereocenters. The van der Waals surface area contributed by atoms with Crippen molar-refractivity contribution in [2.24, 2.45) is 10.1 Å². The maximum atomic E-state index is 12.8. The Morgan fingerprint density at radius 2 is 1.56 bits per heavy atom. The maximum absolute atomic E-state index is 12.8. The first-order valence-corrected chi connectivity index (χ1v) is 13.2. The summed E-state index contributed by atoms with van der Waals surface area (Å²) >= 11 is 0. The molecule has 2 amide bonds. The van der Waals surface area contributed by atoms with Gasteiger partial charge in [0, 0.05) is 11.9 Å². The molecule has 0 unspecified atom stereocenters. The summed E-state index contributed by atoms with van der Waals surface area (Å²) in [5, 5.41) is 9.69. The Morgan fingerprint density at radius 1 is 0.923 bits per heavy atom. The van der Waals surface area contributed by atoms with Crippen LogP contribution in [0.25, 0.3) is 0 Å². The topological polar surface area (TPSA) is 144 Å². The van der Waals surface area contributed by atoms with Crippen molar-refractivity contribution in [1.82, 2.24) is 4.57 Å². The Kier molecular flexibility index (Phi) is 8.11. The molecule has 0 bridgehead atoms. The van der Waals surface area contributed by atoms with Crippen LogP contribution in [0.2, 0.25) is 0 Å². The Hall–Kier alpha value is -4.90. The number of benzene rings is 3. The first-order valence-electron chi connectivity index (χ1n) is 11.8. The molecule has 1 aromatic heterocycles. The van der Waals surface area contributed by atoms with Gasteiger partial charge in [-0.3, -0.25) is 9.69 Å². The third-order valence-corrected chi connectivity index (χ3v) is 6.93. The van der Waals surface area contributed by atoms with Gasteiger partial charge in [0.25, 0.3) is 10.0 Å². The molecule has 4 aromatic rings. The molecule has 200 valence electrons. The standard InChI is InChI=1S/C28H26N4O6S/c1-20-7-14-25(15-8-20)39(36,37)30-27-16-13-24(18-31(27)19-26(29)33)38-23-11-9-22(10-12-23)32(28(34)35)17-21-5-3-2-4-6-21/h2-16,18H,17,19H2,1H3,(H2,29,33)(H,34,35). The van der Waals surface area contributed by atoms with Crippen molar-refractivity contribution >= 4 is 27.7 Å². The summed E-state index contributed by atoms with van der Waals surface area (Å²) in [6.07, 6.45) is 0.321. The minimum absolute atomic E-state index is 0.00455. The minimum atomic E-state index is -4.04. The summed E-state index contributed by atoms with van der Waals surface area (Å²) < 4.78 is 36.6. The summed E-state index contributed by atoms with van der Waals surface area (Å²) in [5.74, 6) is -0.0145. The van der Waals surface area contributed by atoms with Crippen molar-refractivity contribution < 1.29 is 27.9 Å². The number of ether oxygens (including phenoxy) is 1. The van der Waals surface area contributed by atoms with Crippen molar-refractivity contribution in [2.75, 3.05) is 4.90 Å². The Bertz CT molecular complexity index is 1650. The number of primary amides is 1. The predicted molar refractivity (Wildman–Crippen MR) is 145 cm³/mol. The van der Waals surface area contributed by atoms with E-state index < -0.39 is 22.0 Å². The fourth-order valence-electron chi connectivity index (χ4n) is 3.70. The number of hydrogen-bond donors (Lipinski definition) is 2. The fraction of sp³-hybridized carbons (Fsp3) is 0.107. The highest BCUT2D eigenvalue weighted by molar-refractivity contribution is 7.90. The van der Waals surface area contributed by atoms with E-state index >= 15 is 0 Å². The molecule has 3 N–H and O–H groups in total. The van der Waals surface area contributed by atoms with E-state index in [1.807, 2.05) is 37.3 Å². The number of anilines is 1. The number of pyridine rings is 1. The van der Waals surface area contributed by atoms with E-state index in [1.54, 1.807) is 36.4 Å². The molecular weight excluding hydrogens is 520 g/mol. The second-order valence-corrected chi connectivity index (χ2v) is 10.3. The number of carboxylic acid groups (broad SMARTS) is 1. The highest BCUT2D eigenvalue weighted by Crippen LogP contribution is 2.25. The number of carbonyl (C=O) groups excluding carboxylic acids is 1. The van der Waals surface area contributed by atoms with E-state index in [0.29, 0.717) is 11.4 Å². The molecule has 0 aliphatic heterocycles. The van der Waals surface area contributed by atoms with Crippen molar-refractivity contribution in [3.63, 3.8) is 0 Å². The number of nitrogens with zero attached hydrogens (tertiary/aromatic N) is 3. The van der Waals surface area contributed by atoms with Crippen LogP contribution in [-0.4, -0.2) is 30.1 Å². The predicted octanol–water partition coefficient (Wildman–Crippen LogP) is 4.05. The largest absolute Gasteiger partial charge is 0.465 e. The molecular formula is C28H26N4O6S. The van der Waals surface area contributed by atoms with Crippen LogP contribution in [0.15, 0.2) is 106 Å². The van der Waals surface area contributed by atoms with Crippen LogP contribution in [0.4, 0.5) is 10.5 Å². The van der Waals surface area contributed by atoms with Crippen LogP contribution in [-0.2, 0) is 27.9 Å². The number of carbonyl (C=O) groups is 2. The lowest BCUT2D eigenvalue weighted by Gasteiger charge is -2.20. The number of rotatable bonds is 9. The van der Waals surface area contributed by atoms with Gasteiger partial charge in [0.1, 0.15) is 23.5 Å². The van der Waals surface area contributed by atoms with E-state index in [1.165, 1.54) is 39.9 Å². The summed E-state index contributed by atoms with van der Waals surface area (Å²) in [4.78, 5) is 24.7. The van der Waals surface area contributed by atoms with Crippen molar-refractivity contribution in [3.8, 4) is 11.5 Å². The third-order valence-electron chi connectivity index (χ3n) is 5.63. The van der Waals surface area contributed by atoms with E-state index in [4.69, 9.17) is 10.5 Å². The number of nitrogens with two attached hydrogens (primary N) is 1. The zero-order valence-electron chi connectivity index (χ0n) is 21.0. The highest BCUT2D eigenvalue weighted by atomic mass is 32.2. The quantitative estimate of drug-likeness (QED) is 0.324. The molecule has 0 fully saturated rings. The van der Waals surface area contributed by atoms with E-state index in [2.05, 4.69) is 4.40 Å². The molecule has 0 saturated heterocycles. The lowest BCUT2D eigenvalue weighted by molar-refractivity contribution is -0.118. The van der Waals surface area contributed by atoms with Gasteiger partial charge in [-0.05, 0) is 61.0 Å². The molecule has 0 aliphatic rings. The average molecular weight is 547 g/mol. The fourth-order valence-corrected chi connectivity index (χ4v) is 4.70. The molecule has 0 saturated carbocycles. The number of amides is 2. The molecule has 1 heterocycles. The van der Waals surface area contributed by atoms with Gasteiger partial charge < -0.3 is 20.1 Å². The van der Waals surface area contributed by atoms with Gasteiger partial charge in [0.15, 0.2) is 0 Å². The smallest absolute Gasteiger partial charge is 0.412 e. The molecule has 10 nitrogen and oxygen atoms in total. The van der Waals surface area contributed by atoms with Gasteiger partial charge in [-0.2, -0.15) is 8.42 Å². The number of sulfonamides is 1. The van der Waals surface area contributed by atoms with E-state index in [9.17, 15) is 23.1 Å². The van der Waals surface area contributed by atoms with Gasteiger partial charge in [-0.15, -0.1) is 4.40 Å². The Morgan fingerprint density at radius 3 is 2.18 bits per heavy atom. The molecule has 0 radical (unpaired) electrons. The molecule has 4 rings (SSSR count). The van der Waals surface area contributed by atoms with Crippen LogP contribution in [0.1, 0.15) is 11.1 Å². The van der Waals surface area contributed by atoms with Gasteiger partial charge in [-0.1, -0.05) is 48.0 Å². The summed E-state index contributed by atoms with van der Waals surface area (Å²) in [6.45, 7) is 1.69. The van der Waals surface area contributed by atoms with Gasteiger partial charge in [-0.25, -0.2) is 4.79 Å². The molecule has 39 heavy (non-hydrogen) atoms. The van der Waals surface area contributed by atoms with E-state index in [-0.39, 0.29) is 29.2 Å². The average Bonchev–Trinajstić information content (AvgIpc) is 2.90. The lowest BCUT2D eigenvalue weighted by atomic mass is 10.2. The van der Waals surface area contributed by atoms with Crippen LogP contribution >= 0.6 is 0 Å². The first kappa shape index (κ1) is 27.1. The highest BCUT2D eigenvalue weighted by Gasteiger charge is 2.16. The summed E-state index contributed by atoms with van der Waals surface area (Å²) in [6, 6.07) is 24.8. The molecule has 11 heteroatoms. The Labute approximate surface area is 225 Å². The van der Waals surface area contributed by atoms with Gasteiger partial charge >= 0.3 is 6.09 Å². The number of aromatic nitrogens is 1. The Balaban J connectivity index is 1.58. The second kappa shape index (κ2) is 11.7. The lowest BCUT2D eigenvalue weighted by Crippen LogP contribution is -2.29. The SMILES string of the molecule is Cc1ccc(S(=O)(=O)N=c2ccc(Oc3ccc(N(Cc4ccccc4)C(=O)O)cc3)cn2CC(N)=O)cc1. The monoisotopic (exact) mass is 546 g/mol. The summed E-state index contributed by atoms with van der Waals surface area (Å²) in [5.41, 5.74) is 7.56. The van der Waals surface area contributed by atoms with Gasteiger partial charge in [0.2, 0.25) is 5.91 Å². The summed E-state index contributed by atoms with van der Waals surface area (Å²) in [7, 11) is -4.04. The normalized spacial score (nSPS) is 11.7. The van der Waals surface area contributed by atoms with Crippen LogP contribution in [0.3, 0.4) is 0 Å². The van der Waals surface area contributed by atoms with Crippen LogP contribution in [0.5, 0.6) is 11.5 Å². The van der Waals surface area contributed by atoms with Crippen molar-refractivity contribution in [2.45, 2.75) is 24.9 Å². The number of hydrogen-bond acceptors (Lipinski definition) is 5. The van der Waals surface area contributed by atoms with Crippen molar-refractivity contribution in [1.29, 1.82) is 0 Å². The van der Waals surface area contributed by atoms with Gasteiger partial charge in [0.05, 0.1) is 11.4 Å². The minimum Gasteiger partial charge on any atom is -0.465 e. The zero-order valence-corrected chi connectivity index (χ0v) is 21.8. The number of aryl methyl sites for hydroxylation is 1. The van der Waals surface area contributed by atoms with Crippen LogP contribution in [0, 0.1) is 6.92 Å². The first-order chi connectivity index (χ1) is 18.6. The second-order valence-electron chi connectivity index (χ2n) is 8.65.